The topological polar surface area (TPSA) is 52.0 Å². The number of hydrogen-bond acceptors (Lipinski definition) is 2. The van der Waals surface area contributed by atoms with Crippen LogP contribution in [0.3, 0.4) is 0 Å². The summed E-state index contributed by atoms with van der Waals surface area (Å²) in [4.78, 5) is 0. The molecule has 1 atom stereocenters. The summed E-state index contributed by atoms with van der Waals surface area (Å²) in [6.45, 7) is 0. The van der Waals surface area contributed by atoms with Crippen LogP contribution in [0, 0.1) is 11.6 Å². The predicted octanol–water partition coefficient (Wildman–Crippen LogP) is 2.11. The van der Waals surface area contributed by atoms with Gasteiger partial charge >= 0.3 is 6.18 Å². The van der Waals surface area contributed by atoms with Gasteiger partial charge in [-0.15, -0.1) is 0 Å². The third-order valence-electron chi connectivity index (χ3n) is 1.81. The van der Waals surface area contributed by atoms with Crippen molar-refractivity contribution in [3.05, 3.63) is 29.3 Å². The molecule has 0 bridgehead atoms. The van der Waals surface area contributed by atoms with Crippen LogP contribution in [0.25, 0.3) is 0 Å². The van der Waals surface area contributed by atoms with Crippen molar-refractivity contribution < 1.29 is 22.0 Å². The summed E-state index contributed by atoms with van der Waals surface area (Å²) in [5, 5.41) is 0. The van der Waals surface area contributed by atoms with Crippen LogP contribution in [0.15, 0.2) is 12.1 Å². The van der Waals surface area contributed by atoms with Crippen LogP contribution >= 0.6 is 0 Å². The van der Waals surface area contributed by atoms with Crippen LogP contribution in [0.2, 0.25) is 0 Å². The zero-order chi connectivity index (χ0) is 11.8. The standard InChI is InChI=1S/C8H7F5N2/c9-4-1-3(6(14)2-5(4)10)7(15)8(11,12)13/h1-2,7H,14-15H2/t7-/m0/s1. The number of nitrogens with two attached hydrogens (primary N) is 2. The van der Waals surface area contributed by atoms with Gasteiger partial charge in [0, 0.05) is 17.3 Å². The molecule has 0 fully saturated rings. The van der Waals surface area contributed by atoms with Crippen molar-refractivity contribution in [3.63, 3.8) is 0 Å². The van der Waals surface area contributed by atoms with Crippen molar-refractivity contribution in [3.8, 4) is 0 Å². The van der Waals surface area contributed by atoms with E-state index >= 15 is 0 Å². The summed E-state index contributed by atoms with van der Waals surface area (Å²) in [5.41, 5.74) is 8.69. The maximum Gasteiger partial charge on any atom is 0.407 e. The van der Waals surface area contributed by atoms with Crippen LogP contribution in [-0.2, 0) is 0 Å². The quantitative estimate of drug-likeness (QED) is 0.569. The van der Waals surface area contributed by atoms with Crippen LogP contribution in [0.4, 0.5) is 27.6 Å². The highest BCUT2D eigenvalue weighted by Gasteiger charge is 2.39. The largest absolute Gasteiger partial charge is 0.407 e. The van der Waals surface area contributed by atoms with Gasteiger partial charge in [0.25, 0.3) is 0 Å². The Hall–Kier alpha value is -1.37. The van der Waals surface area contributed by atoms with Crippen molar-refractivity contribution >= 4 is 5.69 Å². The number of halogens is 5. The lowest BCUT2D eigenvalue weighted by Gasteiger charge is -2.17. The minimum Gasteiger partial charge on any atom is -0.398 e. The second-order valence-electron chi connectivity index (χ2n) is 2.91. The molecule has 0 radical (unpaired) electrons. The van der Waals surface area contributed by atoms with E-state index in [9.17, 15) is 22.0 Å². The normalized spacial score (nSPS) is 14.0. The number of anilines is 1. The number of rotatable bonds is 1. The predicted molar refractivity (Wildman–Crippen MR) is 43.8 cm³/mol. The monoisotopic (exact) mass is 226 g/mol. The zero-order valence-corrected chi connectivity index (χ0v) is 7.28. The van der Waals surface area contributed by atoms with Crippen LogP contribution < -0.4 is 11.5 Å². The summed E-state index contributed by atoms with van der Waals surface area (Å²) in [5.74, 6) is -2.73. The summed E-state index contributed by atoms with van der Waals surface area (Å²) in [6.07, 6.45) is -4.75. The first-order valence-corrected chi connectivity index (χ1v) is 3.80. The first-order chi connectivity index (χ1) is 6.73. The van der Waals surface area contributed by atoms with Crippen LogP contribution in [-0.4, -0.2) is 6.18 Å². The van der Waals surface area contributed by atoms with Gasteiger partial charge in [0.1, 0.15) is 6.04 Å². The smallest absolute Gasteiger partial charge is 0.398 e. The van der Waals surface area contributed by atoms with E-state index < -0.39 is 35.1 Å². The third kappa shape index (κ3) is 2.35. The summed E-state index contributed by atoms with van der Waals surface area (Å²) < 4.78 is 61.6. The van der Waals surface area contributed by atoms with Crippen molar-refractivity contribution in [1.82, 2.24) is 0 Å². The lowest BCUT2D eigenvalue weighted by molar-refractivity contribution is -0.149. The van der Waals surface area contributed by atoms with E-state index in [0.29, 0.717) is 12.1 Å². The molecule has 0 saturated carbocycles. The molecule has 0 unspecified atom stereocenters. The molecule has 4 N–H and O–H groups in total. The fourth-order valence-electron chi connectivity index (χ4n) is 1.02. The van der Waals surface area contributed by atoms with Crippen molar-refractivity contribution in [1.29, 1.82) is 0 Å². The molecule has 7 heteroatoms. The van der Waals surface area contributed by atoms with Gasteiger partial charge in [-0.2, -0.15) is 13.2 Å². The van der Waals surface area contributed by atoms with Gasteiger partial charge in [0.15, 0.2) is 11.6 Å². The number of nitrogen functional groups attached to an aromatic ring is 1. The molecular formula is C8H7F5N2. The molecule has 15 heavy (non-hydrogen) atoms. The number of benzene rings is 1. The van der Waals surface area contributed by atoms with Crippen molar-refractivity contribution in [2.24, 2.45) is 5.73 Å². The molecule has 1 rings (SSSR count). The summed E-state index contributed by atoms with van der Waals surface area (Å²) in [7, 11) is 0. The van der Waals surface area contributed by atoms with Gasteiger partial charge in [-0.25, -0.2) is 8.78 Å². The Bertz CT molecular complexity index is 374. The molecule has 0 saturated heterocycles. The molecule has 0 aromatic heterocycles. The van der Waals surface area contributed by atoms with Crippen LogP contribution in [0.5, 0.6) is 0 Å². The molecular weight excluding hydrogens is 219 g/mol. The first-order valence-electron chi connectivity index (χ1n) is 3.80. The van der Waals surface area contributed by atoms with Crippen LogP contribution in [0.1, 0.15) is 11.6 Å². The lowest BCUT2D eigenvalue weighted by Crippen LogP contribution is -2.29. The van der Waals surface area contributed by atoms with E-state index in [-0.39, 0.29) is 0 Å². The van der Waals surface area contributed by atoms with Gasteiger partial charge in [0.05, 0.1) is 0 Å². The Labute approximate surface area is 81.7 Å². The second-order valence-corrected chi connectivity index (χ2v) is 2.91. The molecule has 1 aromatic carbocycles. The van der Waals surface area contributed by atoms with Gasteiger partial charge in [-0.1, -0.05) is 0 Å². The van der Waals surface area contributed by atoms with Crippen molar-refractivity contribution in [2.45, 2.75) is 12.2 Å². The maximum absolute atomic E-state index is 12.7. The number of alkyl halides is 3. The average molecular weight is 226 g/mol. The lowest BCUT2D eigenvalue weighted by atomic mass is 10.0. The van der Waals surface area contributed by atoms with E-state index in [2.05, 4.69) is 0 Å². The fraction of sp³-hybridized carbons (Fsp3) is 0.250. The van der Waals surface area contributed by atoms with Gasteiger partial charge in [0.2, 0.25) is 0 Å². The maximum atomic E-state index is 12.7. The van der Waals surface area contributed by atoms with Gasteiger partial charge in [-0.05, 0) is 6.07 Å². The van der Waals surface area contributed by atoms with E-state index in [1.54, 1.807) is 0 Å². The molecule has 0 heterocycles. The van der Waals surface area contributed by atoms with Gasteiger partial charge in [-0.3, -0.25) is 0 Å². The summed E-state index contributed by atoms with van der Waals surface area (Å²) >= 11 is 0. The highest BCUT2D eigenvalue weighted by molar-refractivity contribution is 5.49. The minimum atomic E-state index is -4.75. The van der Waals surface area contributed by atoms with E-state index in [4.69, 9.17) is 11.5 Å². The average Bonchev–Trinajstić information content (AvgIpc) is 2.08. The van der Waals surface area contributed by atoms with Crippen molar-refractivity contribution in [2.75, 3.05) is 5.73 Å². The Morgan fingerprint density at radius 2 is 1.53 bits per heavy atom. The molecule has 84 valence electrons. The first kappa shape index (κ1) is 11.7. The molecule has 1 aromatic rings. The fourth-order valence-corrected chi connectivity index (χ4v) is 1.02. The molecule has 0 aliphatic heterocycles. The van der Waals surface area contributed by atoms with Gasteiger partial charge < -0.3 is 11.5 Å². The Kier molecular flexibility index (Phi) is 2.85. The second kappa shape index (κ2) is 3.65. The Balaban J connectivity index is 3.21. The van der Waals surface area contributed by atoms with E-state index in [1.807, 2.05) is 0 Å². The highest BCUT2D eigenvalue weighted by atomic mass is 19.4. The Morgan fingerprint density at radius 3 is 2.00 bits per heavy atom. The third-order valence-corrected chi connectivity index (χ3v) is 1.81. The molecule has 0 aliphatic rings. The van der Waals surface area contributed by atoms with E-state index in [0.717, 1.165) is 0 Å². The molecule has 0 spiro atoms. The highest BCUT2D eigenvalue weighted by Crippen LogP contribution is 2.34. The van der Waals surface area contributed by atoms with E-state index in [1.165, 1.54) is 0 Å². The SMILES string of the molecule is Nc1cc(F)c(F)cc1[C@H](N)C(F)(F)F. The minimum absolute atomic E-state index is 0.350. The molecule has 0 amide bonds. The Morgan fingerprint density at radius 1 is 1.07 bits per heavy atom. The molecule has 2 nitrogen and oxygen atoms in total. The number of hydrogen-bond donors (Lipinski definition) is 2. The zero-order valence-electron chi connectivity index (χ0n) is 7.28. The summed E-state index contributed by atoms with van der Waals surface area (Å²) in [6, 6.07) is -1.60. The molecule has 0 aliphatic carbocycles.